The minimum Gasteiger partial charge on any atom is -0.310 e. The first-order valence-electron chi connectivity index (χ1n) is 25.5. The number of rotatable bonds is 9. The Morgan fingerprint density at radius 2 is 0.703 bits per heavy atom. The highest BCUT2D eigenvalue weighted by Crippen LogP contribution is 2.45. The van der Waals surface area contributed by atoms with Gasteiger partial charge in [-0.25, -0.2) is 0 Å². The van der Waals surface area contributed by atoms with E-state index in [4.69, 9.17) is 0 Å². The van der Waals surface area contributed by atoms with Gasteiger partial charge < -0.3 is 9.47 Å². The maximum absolute atomic E-state index is 2.46. The van der Waals surface area contributed by atoms with Crippen LogP contribution in [0, 0.1) is 0 Å². The summed E-state index contributed by atoms with van der Waals surface area (Å²) < 4.78 is 2.46. The third-order valence-electron chi connectivity index (χ3n) is 14.9. The van der Waals surface area contributed by atoms with Gasteiger partial charge in [-0.3, -0.25) is 0 Å². The monoisotopic (exact) mass is 940 g/mol. The van der Waals surface area contributed by atoms with Gasteiger partial charge in [0.15, 0.2) is 0 Å². The van der Waals surface area contributed by atoms with Crippen LogP contribution in [0.2, 0.25) is 0 Å². The van der Waals surface area contributed by atoms with Crippen LogP contribution in [0.1, 0.15) is 0 Å². The fourth-order valence-electron chi connectivity index (χ4n) is 11.3. The van der Waals surface area contributed by atoms with Crippen molar-refractivity contribution in [1.82, 2.24) is 4.57 Å². The molecule has 0 N–H and O–H groups in total. The molecule has 74 heavy (non-hydrogen) atoms. The Balaban J connectivity index is 0.939. The third-order valence-corrected chi connectivity index (χ3v) is 14.9. The molecule has 0 aliphatic carbocycles. The maximum Gasteiger partial charge on any atom is 0.0553 e. The largest absolute Gasteiger partial charge is 0.310 e. The predicted molar refractivity (Wildman–Crippen MR) is 315 cm³/mol. The van der Waals surface area contributed by atoms with E-state index in [1.807, 2.05) is 0 Å². The summed E-state index contributed by atoms with van der Waals surface area (Å²) in [5, 5.41) is 9.97. The fraction of sp³-hybridized carbons (Fsp3) is 0. The lowest BCUT2D eigenvalue weighted by Crippen LogP contribution is -2.10. The highest BCUT2D eigenvalue weighted by atomic mass is 15.1. The Morgan fingerprint density at radius 3 is 1.41 bits per heavy atom. The second-order valence-corrected chi connectivity index (χ2v) is 19.3. The summed E-state index contributed by atoms with van der Waals surface area (Å²) in [5.41, 5.74) is 18.5. The highest BCUT2D eigenvalue weighted by molar-refractivity contribution is 6.18. The Labute approximate surface area is 430 Å². The van der Waals surface area contributed by atoms with Gasteiger partial charge in [0.25, 0.3) is 0 Å². The molecule has 0 aliphatic heterocycles. The molecule has 0 unspecified atom stereocenters. The molecule has 346 valence electrons. The van der Waals surface area contributed by atoms with Gasteiger partial charge in [-0.2, -0.15) is 0 Å². The second-order valence-electron chi connectivity index (χ2n) is 19.3. The maximum atomic E-state index is 2.46. The van der Waals surface area contributed by atoms with Gasteiger partial charge in [-0.1, -0.05) is 212 Å². The van der Waals surface area contributed by atoms with Crippen molar-refractivity contribution in [3.63, 3.8) is 0 Å². The molecule has 2 nitrogen and oxygen atoms in total. The second kappa shape index (κ2) is 18.1. The van der Waals surface area contributed by atoms with E-state index in [-0.39, 0.29) is 0 Å². The summed E-state index contributed by atoms with van der Waals surface area (Å²) in [6, 6.07) is 107. The molecule has 14 aromatic rings. The molecule has 0 amide bonds. The van der Waals surface area contributed by atoms with Crippen LogP contribution in [0.25, 0.3) is 115 Å². The lowest BCUT2D eigenvalue weighted by atomic mass is 9.93. The van der Waals surface area contributed by atoms with Gasteiger partial charge >= 0.3 is 0 Å². The van der Waals surface area contributed by atoms with Crippen molar-refractivity contribution in [2.45, 2.75) is 0 Å². The van der Waals surface area contributed by atoms with E-state index in [0.29, 0.717) is 0 Å². The standard InChI is InChI=1S/C72H48N2/c1-4-15-49(16-5-1)58-36-42-68-70(47-58)74(62-23-8-3-9-24-62)71-48-61(50-17-6-2-7-18-50)46-69(72(68)71)59-22-14-25-65(45-59)73(63-37-31-52(32-38-63)56-29-27-51-19-10-11-21-55(51)43-56)64-39-33-53(34-40-64)57-35-41-67-60(44-57)30-28-54-20-12-13-26-66(54)67/h1-48H. The summed E-state index contributed by atoms with van der Waals surface area (Å²) >= 11 is 0. The van der Waals surface area contributed by atoms with Gasteiger partial charge in [0.2, 0.25) is 0 Å². The van der Waals surface area contributed by atoms with Crippen LogP contribution >= 0.6 is 0 Å². The van der Waals surface area contributed by atoms with Crippen LogP contribution in [-0.4, -0.2) is 4.57 Å². The van der Waals surface area contributed by atoms with Gasteiger partial charge in [-0.15, -0.1) is 0 Å². The Kier molecular flexibility index (Phi) is 10.6. The zero-order valence-electron chi connectivity index (χ0n) is 40.6. The van der Waals surface area contributed by atoms with E-state index >= 15 is 0 Å². The molecule has 0 fully saturated rings. The number of anilines is 3. The summed E-state index contributed by atoms with van der Waals surface area (Å²) in [7, 11) is 0. The van der Waals surface area contributed by atoms with Crippen molar-refractivity contribution >= 4 is 71.2 Å². The van der Waals surface area contributed by atoms with E-state index in [1.54, 1.807) is 0 Å². The van der Waals surface area contributed by atoms with Crippen molar-refractivity contribution in [3.8, 4) is 61.3 Å². The molecule has 0 bridgehead atoms. The van der Waals surface area contributed by atoms with Crippen LogP contribution in [0.5, 0.6) is 0 Å². The van der Waals surface area contributed by atoms with Gasteiger partial charge in [0.1, 0.15) is 0 Å². The average Bonchev–Trinajstić information content (AvgIpc) is 3.85. The SMILES string of the molecule is c1ccc(-c2ccc3c4c(-c5cccc(N(c6ccc(-c7ccc8ccccc8c7)cc6)c6ccc(-c7ccc8c(ccc9ccccc98)c7)cc6)c5)cc(-c5ccccc5)cc4n(-c4ccccc4)c3c2)cc1. The lowest BCUT2D eigenvalue weighted by Gasteiger charge is -2.26. The van der Waals surface area contributed by atoms with Crippen molar-refractivity contribution in [2.24, 2.45) is 0 Å². The first-order valence-corrected chi connectivity index (χ1v) is 25.5. The molecule has 0 saturated heterocycles. The van der Waals surface area contributed by atoms with Gasteiger partial charge in [0.05, 0.1) is 11.0 Å². The number of fused-ring (bicyclic) bond motifs is 7. The van der Waals surface area contributed by atoms with Crippen molar-refractivity contribution < 1.29 is 0 Å². The number of hydrogen-bond acceptors (Lipinski definition) is 1. The van der Waals surface area contributed by atoms with Crippen molar-refractivity contribution in [1.29, 1.82) is 0 Å². The number of hydrogen-bond donors (Lipinski definition) is 0. The molecule has 13 aromatic carbocycles. The van der Waals surface area contributed by atoms with Crippen molar-refractivity contribution in [3.05, 3.63) is 291 Å². The smallest absolute Gasteiger partial charge is 0.0553 e. The molecule has 0 aliphatic rings. The molecule has 14 rings (SSSR count). The van der Waals surface area contributed by atoms with Gasteiger partial charge in [-0.05, 0) is 167 Å². The summed E-state index contributed by atoms with van der Waals surface area (Å²) in [6.45, 7) is 0. The summed E-state index contributed by atoms with van der Waals surface area (Å²) in [4.78, 5) is 2.40. The minimum atomic E-state index is 1.07. The average molecular weight is 941 g/mol. The zero-order valence-corrected chi connectivity index (χ0v) is 40.6. The Morgan fingerprint density at radius 1 is 0.230 bits per heavy atom. The third kappa shape index (κ3) is 7.69. The summed E-state index contributed by atoms with van der Waals surface area (Å²) in [6.07, 6.45) is 0. The molecule has 0 atom stereocenters. The van der Waals surface area contributed by atoms with E-state index in [2.05, 4.69) is 301 Å². The molecule has 1 heterocycles. The van der Waals surface area contributed by atoms with Gasteiger partial charge in [0, 0.05) is 33.5 Å². The summed E-state index contributed by atoms with van der Waals surface area (Å²) in [5.74, 6) is 0. The number of benzene rings is 13. The number of nitrogens with zero attached hydrogens (tertiary/aromatic N) is 2. The molecular formula is C72H48N2. The van der Waals surface area contributed by atoms with E-state index < -0.39 is 0 Å². The normalized spacial score (nSPS) is 11.5. The van der Waals surface area contributed by atoms with Crippen LogP contribution in [0.15, 0.2) is 291 Å². The number of para-hydroxylation sites is 1. The van der Waals surface area contributed by atoms with E-state index in [0.717, 1.165) is 33.8 Å². The Bertz CT molecular complexity index is 4380. The molecule has 0 radical (unpaired) electrons. The number of aromatic nitrogens is 1. The molecule has 2 heteroatoms. The molecule has 1 aromatic heterocycles. The zero-order chi connectivity index (χ0) is 49.0. The van der Waals surface area contributed by atoms with Crippen LogP contribution < -0.4 is 4.90 Å². The van der Waals surface area contributed by atoms with E-state index in [1.165, 1.54) is 98.7 Å². The topological polar surface area (TPSA) is 8.17 Å². The minimum absolute atomic E-state index is 1.07. The van der Waals surface area contributed by atoms with Crippen LogP contribution in [0.3, 0.4) is 0 Å². The molecule has 0 saturated carbocycles. The Hall–Kier alpha value is -9.76. The van der Waals surface area contributed by atoms with Crippen LogP contribution in [0.4, 0.5) is 17.1 Å². The molecular weight excluding hydrogens is 893 g/mol. The molecule has 0 spiro atoms. The first-order chi connectivity index (χ1) is 36.7. The predicted octanol–water partition coefficient (Wildman–Crippen LogP) is 20.0. The fourth-order valence-corrected chi connectivity index (χ4v) is 11.3. The quantitative estimate of drug-likeness (QED) is 0.131. The first kappa shape index (κ1) is 43.1. The lowest BCUT2D eigenvalue weighted by molar-refractivity contribution is 1.18. The van der Waals surface area contributed by atoms with E-state index in [9.17, 15) is 0 Å². The van der Waals surface area contributed by atoms with Crippen LogP contribution in [-0.2, 0) is 0 Å². The highest BCUT2D eigenvalue weighted by Gasteiger charge is 2.21. The van der Waals surface area contributed by atoms with Crippen molar-refractivity contribution in [2.75, 3.05) is 4.90 Å².